The summed E-state index contributed by atoms with van der Waals surface area (Å²) in [6.45, 7) is 4.16. The van der Waals surface area contributed by atoms with Crippen molar-refractivity contribution in [2.24, 2.45) is 16.7 Å². The summed E-state index contributed by atoms with van der Waals surface area (Å²) < 4.78 is 4.86. The van der Waals surface area contributed by atoms with Gasteiger partial charge in [-0.2, -0.15) is 0 Å². The van der Waals surface area contributed by atoms with Crippen LogP contribution in [0.5, 0.6) is 0 Å². The number of hydrogen-bond acceptors (Lipinski definition) is 3. The maximum Gasteiger partial charge on any atom is 0.314 e. The zero-order valence-corrected chi connectivity index (χ0v) is 9.04. The average molecular weight is 198 g/mol. The number of hydrogen-bond donors (Lipinski definition) is 1. The van der Waals surface area contributed by atoms with Crippen molar-refractivity contribution in [1.82, 2.24) is 0 Å². The first-order chi connectivity index (χ1) is 6.46. The van der Waals surface area contributed by atoms with E-state index in [1.165, 1.54) is 7.11 Å². The molecule has 0 saturated heterocycles. The molecule has 0 spiro atoms. The van der Waals surface area contributed by atoms with Gasteiger partial charge in [-0.05, 0) is 30.6 Å². The van der Waals surface area contributed by atoms with Gasteiger partial charge < -0.3 is 9.84 Å². The van der Waals surface area contributed by atoms with Crippen LogP contribution in [0.1, 0.15) is 33.1 Å². The molecule has 2 bridgehead atoms. The molecule has 0 aromatic rings. The van der Waals surface area contributed by atoms with E-state index in [1.807, 2.05) is 0 Å². The van der Waals surface area contributed by atoms with Gasteiger partial charge in [0.15, 0.2) is 0 Å². The quantitative estimate of drug-likeness (QED) is 0.647. The predicted molar refractivity (Wildman–Crippen MR) is 51.6 cm³/mol. The Hall–Kier alpha value is -0.570. The van der Waals surface area contributed by atoms with Gasteiger partial charge in [-0.25, -0.2) is 0 Å². The molecular formula is C11H18O3. The van der Waals surface area contributed by atoms with Crippen molar-refractivity contribution in [3.05, 3.63) is 0 Å². The van der Waals surface area contributed by atoms with Gasteiger partial charge in [-0.3, -0.25) is 4.79 Å². The third kappa shape index (κ3) is 0.842. The van der Waals surface area contributed by atoms with Gasteiger partial charge in [0, 0.05) is 0 Å². The number of esters is 1. The minimum Gasteiger partial charge on any atom is -0.469 e. The molecule has 2 saturated carbocycles. The second-order valence-electron chi connectivity index (χ2n) is 5.17. The number of carbonyl (C=O) groups is 1. The zero-order valence-electron chi connectivity index (χ0n) is 9.04. The van der Waals surface area contributed by atoms with E-state index in [0.29, 0.717) is 5.92 Å². The first kappa shape index (κ1) is 9.97. The van der Waals surface area contributed by atoms with Gasteiger partial charge in [0.05, 0.1) is 18.6 Å². The highest BCUT2D eigenvalue weighted by Crippen LogP contribution is 2.66. The van der Waals surface area contributed by atoms with E-state index in [0.717, 1.165) is 19.3 Å². The molecule has 0 unspecified atom stereocenters. The summed E-state index contributed by atoms with van der Waals surface area (Å²) in [6.07, 6.45) is 2.06. The Kier molecular flexibility index (Phi) is 1.94. The molecule has 14 heavy (non-hydrogen) atoms. The summed E-state index contributed by atoms with van der Waals surface area (Å²) in [5.74, 6) is 0.242. The largest absolute Gasteiger partial charge is 0.469 e. The fraction of sp³-hybridized carbons (Fsp3) is 0.909. The Morgan fingerprint density at radius 1 is 1.50 bits per heavy atom. The number of fused-ring (bicyclic) bond motifs is 2. The second kappa shape index (κ2) is 2.72. The SMILES string of the molecule is COC(=O)[C@@]12CC[C@@H](C[C@@H]1O)C2(C)C. The Bertz CT molecular complexity index is 272. The van der Waals surface area contributed by atoms with Crippen LogP contribution in [0.25, 0.3) is 0 Å². The summed E-state index contributed by atoms with van der Waals surface area (Å²) in [7, 11) is 1.41. The summed E-state index contributed by atoms with van der Waals surface area (Å²) in [4.78, 5) is 11.8. The molecule has 2 aliphatic carbocycles. The maximum atomic E-state index is 11.8. The summed E-state index contributed by atoms with van der Waals surface area (Å²) in [5.41, 5.74) is -0.744. The predicted octanol–water partition coefficient (Wildman–Crippen LogP) is 1.35. The van der Waals surface area contributed by atoms with E-state index < -0.39 is 11.5 Å². The molecule has 0 amide bonds. The van der Waals surface area contributed by atoms with Crippen LogP contribution in [-0.2, 0) is 9.53 Å². The smallest absolute Gasteiger partial charge is 0.314 e. The standard InChI is InChI=1S/C11H18O3/c1-10(2)7-4-5-11(10,8(12)6-7)9(13)14-3/h7-8,12H,4-6H2,1-3H3/t7-,8-,11+/m0/s1. The van der Waals surface area contributed by atoms with Crippen LogP contribution in [0.15, 0.2) is 0 Å². The molecule has 3 atom stereocenters. The van der Waals surface area contributed by atoms with Crippen molar-refractivity contribution in [2.75, 3.05) is 7.11 Å². The van der Waals surface area contributed by atoms with Crippen molar-refractivity contribution in [1.29, 1.82) is 0 Å². The van der Waals surface area contributed by atoms with Crippen LogP contribution in [0.2, 0.25) is 0 Å². The van der Waals surface area contributed by atoms with Crippen molar-refractivity contribution < 1.29 is 14.6 Å². The monoisotopic (exact) mass is 198 g/mol. The van der Waals surface area contributed by atoms with Crippen LogP contribution in [0.4, 0.5) is 0 Å². The van der Waals surface area contributed by atoms with Crippen molar-refractivity contribution in [3.8, 4) is 0 Å². The number of ether oxygens (including phenoxy) is 1. The lowest BCUT2D eigenvalue weighted by Crippen LogP contribution is -2.46. The fourth-order valence-corrected chi connectivity index (χ4v) is 3.61. The zero-order chi connectivity index (χ0) is 10.6. The van der Waals surface area contributed by atoms with Gasteiger partial charge >= 0.3 is 5.97 Å². The molecule has 0 aromatic heterocycles. The van der Waals surface area contributed by atoms with Gasteiger partial charge in [0.25, 0.3) is 0 Å². The van der Waals surface area contributed by atoms with Crippen molar-refractivity contribution in [3.63, 3.8) is 0 Å². The Labute approximate surface area is 84.4 Å². The molecule has 0 aromatic carbocycles. The molecule has 2 fully saturated rings. The van der Waals surface area contributed by atoms with Crippen LogP contribution in [0.3, 0.4) is 0 Å². The molecular weight excluding hydrogens is 180 g/mol. The van der Waals surface area contributed by atoms with Crippen LogP contribution >= 0.6 is 0 Å². The van der Waals surface area contributed by atoms with Crippen molar-refractivity contribution >= 4 is 5.97 Å². The van der Waals surface area contributed by atoms with E-state index in [9.17, 15) is 9.90 Å². The molecule has 80 valence electrons. The third-order valence-corrected chi connectivity index (χ3v) is 4.68. The molecule has 1 N–H and O–H groups in total. The van der Waals surface area contributed by atoms with Gasteiger partial charge in [0.1, 0.15) is 0 Å². The summed E-state index contributed by atoms with van der Waals surface area (Å²) in [6, 6.07) is 0. The minimum atomic E-state index is -0.633. The van der Waals surface area contributed by atoms with Crippen LogP contribution < -0.4 is 0 Å². The highest BCUT2D eigenvalue weighted by atomic mass is 16.5. The maximum absolute atomic E-state index is 11.8. The molecule has 0 radical (unpaired) electrons. The number of rotatable bonds is 1. The fourth-order valence-electron chi connectivity index (χ4n) is 3.61. The van der Waals surface area contributed by atoms with Gasteiger partial charge in [-0.1, -0.05) is 13.8 Å². The van der Waals surface area contributed by atoms with E-state index in [1.54, 1.807) is 0 Å². The van der Waals surface area contributed by atoms with Gasteiger partial charge in [-0.15, -0.1) is 0 Å². The van der Waals surface area contributed by atoms with E-state index in [4.69, 9.17) is 4.74 Å². The first-order valence-corrected chi connectivity index (χ1v) is 5.23. The third-order valence-electron chi connectivity index (χ3n) is 4.68. The Morgan fingerprint density at radius 2 is 2.14 bits per heavy atom. The molecule has 2 aliphatic rings. The lowest BCUT2D eigenvalue weighted by molar-refractivity contribution is -0.165. The molecule has 0 heterocycles. The molecule has 2 rings (SSSR count). The molecule has 3 nitrogen and oxygen atoms in total. The molecule has 3 heteroatoms. The lowest BCUT2D eigenvalue weighted by atomic mass is 9.68. The lowest BCUT2D eigenvalue weighted by Gasteiger charge is -2.37. The highest BCUT2D eigenvalue weighted by Gasteiger charge is 2.68. The topological polar surface area (TPSA) is 46.5 Å². The Balaban J connectivity index is 2.44. The van der Waals surface area contributed by atoms with Crippen LogP contribution in [0, 0.1) is 16.7 Å². The number of aliphatic hydroxyl groups excluding tert-OH is 1. The van der Waals surface area contributed by atoms with Crippen molar-refractivity contribution in [2.45, 2.75) is 39.2 Å². The number of aliphatic hydroxyl groups is 1. The average Bonchev–Trinajstić information content (AvgIpc) is 2.49. The number of methoxy groups -OCH3 is 1. The summed E-state index contributed by atoms with van der Waals surface area (Å²) >= 11 is 0. The van der Waals surface area contributed by atoms with Crippen LogP contribution in [-0.4, -0.2) is 24.3 Å². The Morgan fingerprint density at radius 3 is 2.50 bits per heavy atom. The van der Waals surface area contributed by atoms with Gasteiger partial charge in [0.2, 0.25) is 0 Å². The second-order valence-corrected chi connectivity index (χ2v) is 5.17. The highest BCUT2D eigenvalue weighted by molar-refractivity contribution is 5.80. The normalized spacial score (nSPS) is 44.0. The minimum absolute atomic E-state index is 0.112. The van der Waals surface area contributed by atoms with E-state index >= 15 is 0 Å². The van der Waals surface area contributed by atoms with E-state index in [-0.39, 0.29) is 11.4 Å². The van der Waals surface area contributed by atoms with E-state index in [2.05, 4.69) is 13.8 Å². The molecule has 0 aliphatic heterocycles. The first-order valence-electron chi connectivity index (χ1n) is 5.23. The summed E-state index contributed by atoms with van der Waals surface area (Å²) in [5, 5.41) is 10.0. The number of carbonyl (C=O) groups excluding carboxylic acids is 1.